The first-order valence-electron chi connectivity index (χ1n) is 9.10. The zero-order chi connectivity index (χ0) is 14.5. The van der Waals surface area contributed by atoms with E-state index >= 15 is 0 Å². The smallest absolute Gasteiger partial charge is 0.0443 e. The van der Waals surface area contributed by atoms with E-state index in [1.165, 1.54) is 70.6 Å². The Morgan fingerprint density at radius 3 is 1.37 bits per heavy atom. The van der Waals surface area contributed by atoms with E-state index in [2.05, 4.69) is 34.6 Å². The van der Waals surface area contributed by atoms with Gasteiger partial charge in [0, 0.05) is 0 Å². The molecule has 0 heterocycles. The molecule has 116 valence electrons. The molecule has 0 aliphatic heterocycles. The van der Waals surface area contributed by atoms with Gasteiger partial charge < -0.3 is 0 Å². The van der Waals surface area contributed by atoms with E-state index in [1.807, 2.05) is 0 Å². The molecule has 3 atom stereocenters. The van der Waals surface area contributed by atoms with E-state index < -0.39 is 0 Å². The molecule has 0 aliphatic carbocycles. The minimum Gasteiger partial charge on any atom is -0.0654 e. The van der Waals surface area contributed by atoms with Crippen molar-refractivity contribution < 1.29 is 0 Å². The number of hydrogen-bond acceptors (Lipinski definition) is 0. The molecule has 0 aromatic heterocycles. The number of hydrogen-bond donors (Lipinski definition) is 0. The summed E-state index contributed by atoms with van der Waals surface area (Å²) in [6.45, 7) is 11.9. The average molecular weight is 269 g/mol. The Kier molecular flexibility index (Phi) is 13.0. The minimum atomic E-state index is 0.936. The van der Waals surface area contributed by atoms with Crippen LogP contribution >= 0.6 is 0 Å². The van der Waals surface area contributed by atoms with Crippen molar-refractivity contribution in [3.8, 4) is 0 Å². The highest BCUT2D eigenvalue weighted by Crippen LogP contribution is 2.21. The highest BCUT2D eigenvalue weighted by atomic mass is 14.1. The van der Waals surface area contributed by atoms with Crippen molar-refractivity contribution in [1.29, 1.82) is 0 Å². The van der Waals surface area contributed by atoms with Crippen LogP contribution in [0.5, 0.6) is 0 Å². The van der Waals surface area contributed by atoms with Gasteiger partial charge in [-0.3, -0.25) is 0 Å². The van der Waals surface area contributed by atoms with Gasteiger partial charge in [-0.1, -0.05) is 105 Å². The monoisotopic (exact) mass is 268 g/mol. The molecule has 0 rings (SSSR count). The zero-order valence-corrected chi connectivity index (χ0v) is 14.5. The topological polar surface area (TPSA) is 0 Å². The summed E-state index contributed by atoms with van der Waals surface area (Å²) < 4.78 is 0. The van der Waals surface area contributed by atoms with Gasteiger partial charge in [-0.15, -0.1) is 0 Å². The van der Waals surface area contributed by atoms with Crippen LogP contribution in [0.2, 0.25) is 0 Å². The second kappa shape index (κ2) is 13.0. The van der Waals surface area contributed by atoms with Crippen LogP contribution in [0.25, 0.3) is 0 Å². The second-order valence-electron chi connectivity index (χ2n) is 7.08. The van der Waals surface area contributed by atoms with Crippen molar-refractivity contribution >= 4 is 0 Å². The van der Waals surface area contributed by atoms with E-state index in [9.17, 15) is 0 Å². The van der Waals surface area contributed by atoms with E-state index in [-0.39, 0.29) is 0 Å². The molecule has 0 heteroatoms. The summed E-state index contributed by atoms with van der Waals surface area (Å²) in [5, 5.41) is 0. The van der Waals surface area contributed by atoms with Crippen molar-refractivity contribution in [2.45, 2.75) is 105 Å². The highest BCUT2D eigenvalue weighted by Gasteiger charge is 2.06. The summed E-state index contributed by atoms with van der Waals surface area (Å²) in [6, 6.07) is 0. The van der Waals surface area contributed by atoms with Crippen molar-refractivity contribution in [3.05, 3.63) is 0 Å². The fourth-order valence-corrected chi connectivity index (χ4v) is 2.87. The molecule has 0 bridgehead atoms. The fraction of sp³-hybridized carbons (Fsp3) is 1.00. The quantitative estimate of drug-likeness (QED) is 0.309. The summed E-state index contributed by atoms with van der Waals surface area (Å²) in [5.41, 5.74) is 0. The first-order chi connectivity index (χ1) is 9.10. The van der Waals surface area contributed by atoms with E-state index in [0.717, 1.165) is 17.8 Å². The van der Waals surface area contributed by atoms with Gasteiger partial charge in [0.1, 0.15) is 0 Å². The van der Waals surface area contributed by atoms with Crippen molar-refractivity contribution in [3.63, 3.8) is 0 Å². The third-order valence-electron chi connectivity index (χ3n) is 4.79. The maximum Gasteiger partial charge on any atom is -0.0443 e. The molecule has 0 aromatic rings. The molecule has 0 saturated heterocycles. The number of rotatable bonds is 13. The van der Waals surface area contributed by atoms with Crippen LogP contribution < -0.4 is 0 Å². The van der Waals surface area contributed by atoms with Gasteiger partial charge >= 0.3 is 0 Å². The number of unbranched alkanes of at least 4 members (excludes halogenated alkanes) is 2. The molecular weight excluding hydrogens is 228 g/mol. The molecule has 0 nitrogen and oxygen atoms in total. The lowest BCUT2D eigenvalue weighted by molar-refractivity contribution is 0.381. The van der Waals surface area contributed by atoms with Crippen LogP contribution in [0.1, 0.15) is 105 Å². The van der Waals surface area contributed by atoms with Crippen molar-refractivity contribution in [2.24, 2.45) is 17.8 Å². The zero-order valence-electron chi connectivity index (χ0n) is 14.5. The van der Waals surface area contributed by atoms with Crippen LogP contribution in [0.3, 0.4) is 0 Å². The van der Waals surface area contributed by atoms with Crippen molar-refractivity contribution in [1.82, 2.24) is 0 Å². The fourth-order valence-electron chi connectivity index (χ4n) is 2.87. The summed E-state index contributed by atoms with van der Waals surface area (Å²) in [6.07, 6.45) is 15.7. The second-order valence-corrected chi connectivity index (χ2v) is 7.08. The maximum atomic E-state index is 2.46. The Bertz CT molecular complexity index is 173. The predicted molar refractivity (Wildman–Crippen MR) is 89.6 cm³/mol. The van der Waals surface area contributed by atoms with Crippen LogP contribution in [0.15, 0.2) is 0 Å². The SMILES string of the molecule is CCCCCC(C)CCCC(C)CCCC(C)CC. The first-order valence-corrected chi connectivity index (χ1v) is 9.10. The highest BCUT2D eigenvalue weighted by molar-refractivity contribution is 4.60. The lowest BCUT2D eigenvalue weighted by atomic mass is 9.91. The first kappa shape index (κ1) is 19.0. The lowest BCUT2D eigenvalue weighted by Gasteiger charge is -2.15. The van der Waals surface area contributed by atoms with E-state index in [0.29, 0.717) is 0 Å². The van der Waals surface area contributed by atoms with Crippen LogP contribution in [-0.4, -0.2) is 0 Å². The van der Waals surface area contributed by atoms with Crippen LogP contribution in [0.4, 0.5) is 0 Å². The third kappa shape index (κ3) is 12.8. The van der Waals surface area contributed by atoms with Gasteiger partial charge in [0.05, 0.1) is 0 Å². The van der Waals surface area contributed by atoms with Crippen LogP contribution in [-0.2, 0) is 0 Å². The van der Waals surface area contributed by atoms with Gasteiger partial charge in [-0.2, -0.15) is 0 Å². The van der Waals surface area contributed by atoms with Gasteiger partial charge in [-0.05, 0) is 17.8 Å². The summed E-state index contributed by atoms with van der Waals surface area (Å²) in [4.78, 5) is 0. The molecule has 0 radical (unpaired) electrons. The average Bonchev–Trinajstić information content (AvgIpc) is 2.38. The van der Waals surface area contributed by atoms with Gasteiger partial charge in [0.2, 0.25) is 0 Å². The van der Waals surface area contributed by atoms with Gasteiger partial charge in [0.15, 0.2) is 0 Å². The largest absolute Gasteiger partial charge is 0.0654 e. The van der Waals surface area contributed by atoms with Gasteiger partial charge in [0.25, 0.3) is 0 Å². The molecule has 0 saturated carbocycles. The Balaban J connectivity index is 3.39. The standard InChI is InChI=1S/C19H40/c1-6-8-9-12-18(4)15-11-16-19(5)14-10-13-17(3)7-2/h17-19H,6-16H2,1-5H3. The van der Waals surface area contributed by atoms with Gasteiger partial charge in [-0.25, -0.2) is 0 Å². The normalized spacial score (nSPS) is 16.3. The Morgan fingerprint density at radius 2 is 0.947 bits per heavy atom. The van der Waals surface area contributed by atoms with E-state index in [4.69, 9.17) is 0 Å². The predicted octanol–water partition coefficient (Wildman–Crippen LogP) is 7.23. The summed E-state index contributed by atoms with van der Waals surface area (Å²) in [7, 11) is 0. The third-order valence-corrected chi connectivity index (χ3v) is 4.79. The lowest BCUT2D eigenvalue weighted by Crippen LogP contribution is -2.00. The minimum absolute atomic E-state index is 0.936. The Labute approximate surface area is 123 Å². The van der Waals surface area contributed by atoms with Crippen molar-refractivity contribution in [2.75, 3.05) is 0 Å². The molecule has 0 spiro atoms. The molecular formula is C19H40. The molecule has 3 unspecified atom stereocenters. The molecule has 0 aliphatic rings. The molecule has 19 heavy (non-hydrogen) atoms. The van der Waals surface area contributed by atoms with Crippen LogP contribution in [0, 0.1) is 17.8 Å². The Hall–Kier alpha value is 0. The molecule has 0 aromatic carbocycles. The summed E-state index contributed by atoms with van der Waals surface area (Å²) in [5.74, 6) is 2.84. The van der Waals surface area contributed by atoms with E-state index in [1.54, 1.807) is 0 Å². The molecule has 0 amide bonds. The Morgan fingerprint density at radius 1 is 0.526 bits per heavy atom. The molecule has 0 N–H and O–H groups in total. The summed E-state index contributed by atoms with van der Waals surface area (Å²) >= 11 is 0. The maximum absolute atomic E-state index is 2.46. The molecule has 0 fully saturated rings.